The molecule has 0 unspecified atom stereocenters. The maximum Gasteiger partial charge on any atom is 0.0948 e. The van der Waals surface area contributed by atoms with Crippen LogP contribution in [0.15, 0.2) is 4.99 Å². The van der Waals surface area contributed by atoms with Gasteiger partial charge in [0.25, 0.3) is 0 Å². The average molecular weight is 635 g/mol. The molecule has 0 saturated carbocycles. The summed E-state index contributed by atoms with van der Waals surface area (Å²) >= 11 is 0. The number of hydrogen-bond acceptors (Lipinski definition) is 3. The van der Waals surface area contributed by atoms with Crippen LogP contribution in [-0.4, -0.2) is 68.7 Å². The van der Waals surface area contributed by atoms with Crippen molar-refractivity contribution in [2.24, 2.45) is 16.8 Å². The Balaban J connectivity index is -0.000000229. The molecule has 42 heavy (non-hydrogen) atoms. The molecular weight excluding hydrogens is 550 g/mol. The van der Waals surface area contributed by atoms with Crippen molar-refractivity contribution in [3.05, 3.63) is 0 Å². The van der Waals surface area contributed by atoms with Crippen LogP contribution in [0.5, 0.6) is 0 Å². The first-order chi connectivity index (χ1) is 18.7. The normalized spacial score (nSPS) is 12.5. The Labute approximate surface area is 270 Å². The van der Waals surface area contributed by atoms with Gasteiger partial charge in [-0.15, -0.1) is 0 Å². The predicted octanol–water partition coefficient (Wildman–Crippen LogP) is 12.9. The summed E-state index contributed by atoms with van der Waals surface area (Å²) in [4.78, 5) is 7.09. The Bertz CT molecular complexity index is 602. The van der Waals surface area contributed by atoms with Crippen molar-refractivity contribution >= 4 is 20.8 Å². The van der Waals surface area contributed by atoms with Gasteiger partial charge in [0.15, 0.2) is 0 Å². The van der Waals surface area contributed by atoms with Gasteiger partial charge in [-0.2, -0.15) is 0 Å². The van der Waals surface area contributed by atoms with E-state index in [2.05, 4.69) is 176 Å². The molecule has 0 spiro atoms. The summed E-state index contributed by atoms with van der Waals surface area (Å²) in [6, 6.07) is 2.44. The van der Waals surface area contributed by atoms with E-state index in [1.807, 2.05) is 0 Å². The average Bonchev–Trinajstić information content (AvgIpc) is 2.75. The molecule has 0 aromatic rings. The van der Waals surface area contributed by atoms with Gasteiger partial charge in [-0.1, -0.05) is 119 Å². The molecule has 0 atom stereocenters. The number of rotatable bonds is 12. The van der Waals surface area contributed by atoms with Gasteiger partial charge in [-0.05, 0) is 84.2 Å². The molecule has 3 nitrogen and oxygen atoms in total. The van der Waals surface area contributed by atoms with Crippen molar-refractivity contribution in [2.45, 2.75) is 224 Å². The van der Waals surface area contributed by atoms with Crippen LogP contribution >= 0.6 is 15.1 Å². The molecule has 5 heteroatoms. The fourth-order valence-electron chi connectivity index (χ4n) is 6.63. The molecule has 0 fully saturated rings. The van der Waals surface area contributed by atoms with Gasteiger partial charge in [0.2, 0.25) is 0 Å². The van der Waals surface area contributed by atoms with E-state index in [-0.39, 0.29) is 7.92 Å². The van der Waals surface area contributed by atoms with Gasteiger partial charge >= 0.3 is 0 Å². The molecule has 258 valence electrons. The third kappa shape index (κ3) is 21.1. The highest BCUT2D eigenvalue weighted by Crippen LogP contribution is 2.58. The van der Waals surface area contributed by atoms with Gasteiger partial charge < -0.3 is 4.57 Å². The SMILES string of the molecule is CC(C)N(C(C)C)C(C)C.CC(C)N=C(C(C)C)C(C)C.CC(C)P(=O)(C(C)C)C(C)C.CC(C)P(C(C)C)C(C)C. The molecule has 0 aromatic heterocycles. The van der Waals surface area contributed by atoms with E-state index in [4.69, 9.17) is 0 Å². The quantitative estimate of drug-likeness (QED) is 0.158. The second kappa shape index (κ2) is 24.5. The Hall–Kier alpha value is 0.290. The van der Waals surface area contributed by atoms with Crippen LogP contribution in [-0.2, 0) is 4.57 Å². The highest BCUT2D eigenvalue weighted by molar-refractivity contribution is 7.65. The van der Waals surface area contributed by atoms with Crippen LogP contribution in [0.25, 0.3) is 0 Å². The number of hydrogen-bond donors (Lipinski definition) is 0. The lowest BCUT2D eigenvalue weighted by Crippen LogP contribution is -2.42. The lowest BCUT2D eigenvalue weighted by Gasteiger charge is -2.34. The van der Waals surface area contributed by atoms with Crippen LogP contribution in [0, 0.1) is 11.8 Å². The number of aliphatic imine (C=N–C) groups is 1. The summed E-state index contributed by atoms with van der Waals surface area (Å²) in [6.45, 7) is 53.1. The van der Waals surface area contributed by atoms with E-state index in [9.17, 15) is 4.57 Å². The van der Waals surface area contributed by atoms with Gasteiger partial charge in [0.05, 0.1) is 7.14 Å². The van der Waals surface area contributed by atoms with Crippen LogP contribution in [0.2, 0.25) is 0 Å². The molecule has 0 aliphatic rings. The van der Waals surface area contributed by atoms with Gasteiger partial charge in [0, 0.05) is 46.9 Å². The second-order valence-electron chi connectivity index (χ2n) is 15.5. The third-order valence-corrected chi connectivity index (χ3v) is 16.0. The Kier molecular flexibility index (Phi) is 28.7. The van der Waals surface area contributed by atoms with E-state index in [1.54, 1.807) is 0 Å². The minimum Gasteiger partial charge on any atom is -0.323 e. The molecule has 0 N–H and O–H groups in total. The van der Waals surface area contributed by atoms with Crippen molar-refractivity contribution < 1.29 is 4.57 Å². The highest BCUT2D eigenvalue weighted by Gasteiger charge is 2.33. The first-order valence-corrected chi connectivity index (χ1v) is 20.9. The monoisotopic (exact) mass is 635 g/mol. The van der Waals surface area contributed by atoms with Crippen molar-refractivity contribution in [1.82, 2.24) is 4.90 Å². The molecule has 0 rings (SSSR count). The topological polar surface area (TPSA) is 32.7 Å². The molecule has 0 amide bonds. The van der Waals surface area contributed by atoms with Crippen molar-refractivity contribution in [3.63, 3.8) is 0 Å². The molecule has 0 saturated heterocycles. The van der Waals surface area contributed by atoms with E-state index in [1.165, 1.54) is 5.71 Å². The molecule has 0 aliphatic carbocycles. The van der Waals surface area contributed by atoms with Crippen molar-refractivity contribution in [1.29, 1.82) is 0 Å². The number of nitrogens with zero attached hydrogens (tertiary/aromatic N) is 2. The van der Waals surface area contributed by atoms with E-state index >= 15 is 0 Å². The van der Waals surface area contributed by atoms with Gasteiger partial charge in [0.1, 0.15) is 0 Å². The van der Waals surface area contributed by atoms with E-state index < -0.39 is 7.14 Å². The predicted molar refractivity (Wildman–Crippen MR) is 205 cm³/mol. The molecule has 0 heterocycles. The Morgan fingerprint density at radius 1 is 0.476 bits per heavy atom. The smallest absolute Gasteiger partial charge is 0.0948 e. The maximum atomic E-state index is 12.3. The first kappa shape index (κ1) is 49.2. The summed E-state index contributed by atoms with van der Waals surface area (Å²) in [5.41, 5.74) is 5.05. The molecule has 0 radical (unpaired) electrons. The van der Waals surface area contributed by atoms with Crippen LogP contribution in [0.4, 0.5) is 0 Å². The van der Waals surface area contributed by atoms with E-state index in [0.717, 1.165) is 17.0 Å². The first-order valence-electron chi connectivity index (χ1n) is 17.4. The van der Waals surface area contributed by atoms with Crippen LogP contribution in [0.1, 0.15) is 166 Å². The zero-order valence-corrected chi connectivity index (χ0v) is 35.4. The zero-order chi connectivity index (χ0) is 34.9. The largest absolute Gasteiger partial charge is 0.323 e. The van der Waals surface area contributed by atoms with Crippen molar-refractivity contribution in [3.8, 4) is 0 Å². The zero-order valence-electron chi connectivity index (χ0n) is 33.6. The lowest BCUT2D eigenvalue weighted by atomic mass is 9.97. The highest BCUT2D eigenvalue weighted by atomic mass is 31.2. The summed E-state index contributed by atoms with van der Waals surface area (Å²) in [5.74, 6) is 1.19. The molecule has 0 bridgehead atoms. The third-order valence-electron chi connectivity index (χ3n) is 7.59. The van der Waals surface area contributed by atoms with Crippen LogP contribution < -0.4 is 0 Å². The van der Waals surface area contributed by atoms with Gasteiger partial charge in [-0.3, -0.25) is 9.89 Å². The summed E-state index contributed by atoms with van der Waals surface area (Å²) < 4.78 is 12.3. The fourth-order valence-corrected chi connectivity index (χ4v) is 13.8. The van der Waals surface area contributed by atoms with Crippen molar-refractivity contribution in [2.75, 3.05) is 0 Å². The summed E-state index contributed by atoms with van der Waals surface area (Å²) in [6.07, 6.45) is 0. The molecular formula is C37H84N2OP2. The van der Waals surface area contributed by atoms with E-state index in [0.29, 0.717) is 53.0 Å². The standard InChI is InChI=1S/C10H21N.C9H21N.C9H21OP.C9H21P/c1-7(2)10(8(3)4)11-9(5)6;1-7(2)10(8(3)4)9(5)6;1-7(2)11(10,8(3)4)9(5)6;1-7(2)10(8(3)4)9(5)6/h7-9H,1-6H3;7-9H,1-6H3;7-9H,1-6H3;7-9H,1-6H3. The second-order valence-corrected chi connectivity index (χ2v) is 24.1. The lowest BCUT2D eigenvalue weighted by molar-refractivity contribution is 0.133. The van der Waals surface area contributed by atoms with Gasteiger partial charge in [-0.25, -0.2) is 0 Å². The minimum atomic E-state index is -1.94. The Morgan fingerprint density at radius 2 is 0.714 bits per heavy atom. The molecule has 0 aromatic carbocycles. The summed E-state index contributed by atoms with van der Waals surface area (Å²) in [5, 5.41) is 0. The minimum absolute atomic E-state index is 0.262. The van der Waals surface area contributed by atoms with Crippen LogP contribution in [0.3, 0.4) is 0 Å². The summed E-state index contributed by atoms with van der Waals surface area (Å²) in [7, 11) is -1.67. The maximum absolute atomic E-state index is 12.3. The fraction of sp³-hybridized carbons (Fsp3) is 0.973. The molecule has 0 aliphatic heterocycles. The Morgan fingerprint density at radius 3 is 0.738 bits per heavy atom.